The van der Waals surface area contributed by atoms with Crippen molar-refractivity contribution < 1.29 is 14.3 Å². The number of ketones is 1. The van der Waals surface area contributed by atoms with Gasteiger partial charge < -0.3 is 9.64 Å². The first-order chi connectivity index (χ1) is 5.52. The van der Waals surface area contributed by atoms with Gasteiger partial charge in [0.15, 0.2) is 5.78 Å². The van der Waals surface area contributed by atoms with Crippen molar-refractivity contribution in [2.75, 3.05) is 14.1 Å². The highest BCUT2D eigenvalue weighted by Crippen LogP contribution is 2.16. The molecule has 2 unspecified atom stereocenters. The molecule has 1 aliphatic heterocycles. The van der Waals surface area contributed by atoms with E-state index in [2.05, 4.69) is 0 Å². The third-order valence-electron chi connectivity index (χ3n) is 1.92. The van der Waals surface area contributed by atoms with Crippen LogP contribution in [0.3, 0.4) is 0 Å². The van der Waals surface area contributed by atoms with E-state index in [1.807, 2.05) is 0 Å². The molecule has 0 saturated carbocycles. The van der Waals surface area contributed by atoms with Crippen molar-refractivity contribution in [3.63, 3.8) is 0 Å². The molecule has 4 heteroatoms. The van der Waals surface area contributed by atoms with Crippen LogP contribution in [0.25, 0.3) is 0 Å². The largest absolute Gasteiger partial charge is 0.357 e. The third kappa shape index (κ3) is 1.64. The van der Waals surface area contributed by atoms with Gasteiger partial charge in [0.25, 0.3) is 5.91 Å². The predicted octanol–water partition coefficient (Wildman–Crippen LogP) is -0.179. The summed E-state index contributed by atoms with van der Waals surface area (Å²) in [6.45, 7) is 1.67. The molecule has 0 aromatic heterocycles. The predicted molar refractivity (Wildman–Crippen MR) is 42.7 cm³/mol. The zero-order chi connectivity index (χ0) is 9.30. The molecule has 0 aliphatic carbocycles. The zero-order valence-electron chi connectivity index (χ0n) is 7.53. The van der Waals surface area contributed by atoms with Gasteiger partial charge in [-0.05, 0) is 6.92 Å². The van der Waals surface area contributed by atoms with E-state index in [1.54, 1.807) is 21.0 Å². The minimum absolute atomic E-state index is 0.00944. The van der Waals surface area contributed by atoms with Crippen molar-refractivity contribution in [3.05, 3.63) is 0 Å². The Balaban J connectivity index is 2.57. The summed E-state index contributed by atoms with van der Waals surface area (Å²) in [5, 5.41) is 0. The maximum atomic E-state index is 11.3. The van der Waals surface area contributed by atoms with Crippen molar-refractivity contribution in [2.24, 2.45) is 0 Å². The number of ether oxygens (including phenoxy) is 1. The van der Waals surface area contributed by atoms with E-state index in [-0.39, 0.29) is 18.1 Å². The van der Waals surface area contributed by atoms with Gasteiger partial charge in [0.2, 0.25) is 0 Å². The Labute approximate surface area is 71.5 Å². The maximum absolute atomic E-state index is 11.3. The van der Waals surface area contributed by atoms with Gasteiger partial charge in [0, 0.05) is 20.5 Å². The average molecular weight is 171 g/mol. The number of nitrogens with zero attached hydrogens (tertiary/aromatic N) is 1. The van der Waals surface area contributed by atoms with Crippen LogP contribution in [-0.2, 0) is 14.3 Å². The second-order valence-corrected chi connectivity index (χ2v) is 3.17. The minimum Gasteiger partial charge on any atom is -0.357 e. The van der Waals surface area contributed by atoms with Gasteiger partial charge in [0.05, 0.1) is 0 Å². The summed E-state index contributed by atoms with van der Waals surface area (Å²) in [6, 6.07) is 0. The fourth-order valence-electron chi connectivity index (χ4n) is 1.15. The van der Waals surface area contributed by atoms with Crippen molar-refractivity contribution in [2.45, 2.75) is 25.6 Å². The van der Waals surface area contributed by atoms with Crippen LogP contribution in [0.2, 0.25) is 0 Å². The molecule has 0 radical (unpaired) electrons. The first-order valence-corrected chi connectivity index (χ1v) is 3.91. The Morgan fingerprint density at radius 1 is 1.58 bits per heavy atom. The van der Waals surface area contributed by atoms with Crippen molar-refractivity contribution in [1.82, 2.24) is 4.90 Å². The summed E-state index contributed by atoms with van der Waals surface area (Å²) >= 11 is 0. The molecule has 68 valence electrons. The molecular formula is C8H13NO3. The first kappa shape index (κ1) is 9.19. The standard InChI is InChI=1S/C8H13NO3/c1-5-6(10)4-7(12-5)8(11)9(2)3/h5,7H,4H2,1-3H3. The smallest absolute Gasteiger partial charge is 0.251 e. The van der Waals surface area contributed by atoms with Crippen LogP contribution in [0.4, 0.5) is 0 Å². The summed E-state index contributed by atoms with van der Waals surface area (Å²) in [5.41, 5.74) is 0. The van der Waals surface area contributed by atoms with Gasteiger partial charge in [-0.15, -0.1) is 0 Å². The van der Waals surface area contributed by atoms with E-state index in [0.29, 0.717) is 0 Å². The molecule has 0 spiro atoms. The lowest BCUT2D eigenvalue weighted by atomic mass is 10.2. The molecule has 1 fully saturated rings. The van der Waals surface area contributed by atoms with Crippen molar-refractivity contribution in [3.8, 4) is 0 Å². The number of carbonyl (C=O) groups excluding carboxylic acids is 2. The van der Waals surface area contributed by atoms with Crippen LogP contribution in [0, 0.1) is 0 Å². The van der Waals surface area contributed by atoms with Crippen LogP contribution >= 0.6 is 0 Å². The Morgan fingerprint density at radius 3 is 2.50 bits per heavy atom. The van der Waals surface area contributed by atoms with Gasteiger partial charge in [-0.2, -0.15) is 0 Å². The molecule has 1 aliphatic rings. The molecule has 1 saturated heterocycles. The van der Waals surface area contributed by atoms with Crippen LogP contribution in [0.15, 0.2) is 0 Å². The van der Waals surface area contributed by atoms with Crippen LogP contribution < -0.4 is 0 Å². The fourth-order valence-corrected chi connectivity index (χ4v) is 1.15. The van der Waals surface area contributed by atoms with E-state index in [9.17, 15) is 9.59 Å². The highest BCUT2D eigenvalue weighted by molar-refractivity contribution is 5.93. The van der Waals surface area contributed by atoms with E-state index in [0.717, 1.165) is 0 Å². The molecular weight excluding hydrogens is 158 g/mol. The Kier molecular flexibility index (Phi) is 2.47. The molecule has 2 atom stereocenters. The van der Waals surface area contributed by atoms with E-state index in [4.69, 9.17) is 4.74 Å². The normalized spacial score (nSPS) is 29.1. The Morgan fingerprint density at radius 2 is 2.17 bits per heavy atom. The summed E-state index contributed by atoms with van der Waals surface area (Å²) in [7, 11) is 3.30. The number of rotatable bonds is 1. The number of amides is 1. The van der Waals surface area contributed by atoms with Crippen LogP contribution in [0.5, 0.6) is 0 Å². The monoisotopic (exact) mass is 171 g/mol. The molecule has 0 bridgehead atoms. The molecule has 4 nitrogen and oxygen atoms in total. The maximum Gasteiger partial charge on any atom is 0.251 e. The highest BCUT2D eigenvalue weighted by atomic mass is 16.5. The second kappa shape index (κ2) is 3.23. The molecule has 12 heavy (non-hydrogen) atoms. The lowest BCUT2D eigenvalue weighted by molar-refractivity contribution is -0.140. The zero-order valence-corrected chi connectivity index (χ0v) is 7.53. The second-order valence-electron chi connectivity index (χ2n) is 3.17. The number of Topliss-reactive ketones (excluding diaryl/α,β-unsaturated/α-hetero) is 1. The Hall–Kier alpha value is -0.900. The summed E-state index contributed by atoms with van der Waals surface area (Å²) in [4.78, 5) is 23.7. The van der Waals surface area contributed by atoms with Gasteiger partial charge in [-0.25, -0.2) is 0 Å². The van der Waals surface area contributed by atoms with Gasteiger partial charge in [-0.1, -0.05) is 0 Å². The van der Waals surface area contributed by atoms with Gasteiger partial charge in [0.1, 0.15) is 12.2 Å². The fraction of sp³-hybridized carbons (Fsp3) is 0.750. The quantitative estimate of drug-likeness (QED) is 0.550. The molecule has 0 aromatic carbocycles. The SMILES string of the molecule is CC1OC(C(=O)N(C)C)CC1=O. The lowest BCUT2D eigenvalue weighted by Gasteiger charge is -2.14. The van der Waals surface area contributed by atoms with Crippen LogP contribution in [0.1, 0.15) is 13.3 Å². The Bertz CT molecular complexity index is 212. The van der Waals surface area contributed by atoms with Crippen LogP contribution in [-0.4, -0.2) is 42.9 Å². The van der Waals surface area contributed by atoms with E-state index in [1.165, 1.54) is 4.90 Å². The highest BCUT2D eigenvalue weighted by Gasteiger charge is 2.35. The number of hydrogen-bond donors (Lipinski definition) is 0. The van der Waals surface area contributed by atoms with Crippen molar-refractivity contribution >= 4 is 11.7 Å². The van der Waals surface area contributed by atoms with E-state index < -0.39 is 12.2 Å². The minimum atomic E-state index is -0.553. The molecule has 1 heterocycles. The average Bonchev–Trinajstić information content (AvgIpc) is 2.30. The molecule has 0 N–H and O–H groups in total. The molecule has 1 amide bonds. The van der Waals surface area contributed by atoms with Gasteiger partial charge in [-0.3, -0.25) is 9.59 Å². The topological polar surface area (TPSA) is 46.6 Å². The van der Waals surface area contributed by atoms with Gasteiger partial charge >= 0.3 is 0 Å². The third-order valence-corrected chi connectivity index (χ3v) is 1.92. The molecule has 0 aromatic rings. The summed E-state index contributed by atoms with van der Waals surface area (Å²) in [5.74, 6) is -0.122. The van der Waals surface area contributed by atoms with E-state index >= 15 is 0 Å². The number of hydrogen-bond acceptors (Lipinski definition) is 3. The van der Waals surface area contributed by atoms with Crippen molar-refractivity contribution in [1.29, 1.82) is 0 Å². The summed E-state index contributed by atoms with van der Waals surface area (Å²) in [6.07, 6.45) is -0.751. The number of carbonyl (C=O) groups is 2. The first-order valence-electron chi connectivity index (χ1n) is 3.91. The number of likely N-dealkylation sites (N-methyl/N-ethyl adjacent to an activating group) is 1. The molecule has 1 rings (SSSR count). The summed E-state index contributed by atoms with van der Waals surface area (Å²) < 4.78 is 5.16. The lowest BCUT2D eigenvalue weighted by Crippen LogP contribution is -2.33.